The first-order valence-corrected chi connectivity index (χ1v) is 15.2. The molecule has 44 heavy (non-hydrogen) atoms. The highest BCUT2D eigenvalue weighted by Gasteiger charge is 2.32. The van der Waals surface area contributed by atoms with E-state index < -0.39 is 18.2 Å². The molecule has 2 aliphatic rings. The molecule has 0 spiro atoms. The largest absolute Gasteiger partial charge is 0.412 e. The molecule has 2 aromatic rings. The fraction of sp³-hybridized carbons (Fsp3) is 0.656. The summed E-state index contributed by atoms with van der Waals surface area (Å²) in [6.45, 7) is 18.4. The highest BCUT2D eigenvalue weighted by molar-refractivity contribution is 5.67. The maximum absolute atomic E-state index is 11.4. The van der Waals surface area contributed by atoms with E-state index in [0.29, 0.717) is 18.5 Å². The van der Waals surface area contributed by atoms with E-state index in [-0.39, 0.29) is 18.9 Å². The molecular weight excluding hydrogens is 579 g/mol. The molecule has 0 radical (unpaired) electrons. The molecule has 2 aliphatic heterocycles. The third-order valence-electron chi connectivity index (χ3n) is 7.93. The molecule has 4 rings (SSSR count). The number of aryl methyl sites for hydroxylation is 1. The molecule has 1 aromatic heterocycles. The number of tetrazole rings is 1. The van der Waals surface area contributed by atoms with E-state index in [9.17, 15) is 22.0 Å². The smallest absolute Gasteiger partial charge is 0.372 e. The molecule has 0 amide bonds. The second kappa shape index (κ2) is 16.9. The Kier molecular flexibility index (Phi) is 14.3. The maximum Gasteiger partial charge on any atom is 0.412 e. The van der Waals surface area contributed by atoms with Crippen LogP contribution in [0.25, 0.3) is 0 Å². The average molecular weight is 629 g/mol. The molecular formula is C32H49F5N6O. The van der Waals surface area contributed by atoms with Gasteiger partial charge in [-0.05, 0) is 79.5 Å². The van der Waals surface area contributed by atoms with Gasteiger partial charge in [0.2, 0.25) is 6.43 Å². The van der Waals surface area contributed by atoms with Crippen molar-refractivity contribution >= 4 is 11.6 Å². The fourth-order valence-electron chi connectivity index (χ4n) is 5.12. The first-order valence-electron chi connectivity index (χ1n) is 15.2. The third kappa shape index (κ3) is 10.6. The summed E-state index contributed by atoms with van der Waals surface area (Å²) >= 11 is 0. The fourth-order valence-corrected chi connectivity index (χ4v) is 5.12. The number of anilines is 2. The number of alkyl halides is 5. The first kappa shape index (κ1) is 37.2. The van der Waals surface area contributed by atoms with E-state index >= 15 is 0 Å². The van der Waals surface area contributed by atoms with Gasteiger partial charge in [0.05, 0.1) is 26.3 Å². The van der Waals surface area contributed by atoms with Crippen molar-refractivity contribution in [1.29, 1.82) is 0 Å². The van der Waals surface area contributed by atoms with Gasteiger partial charge in [0.1, 0.15) is 0 Å². The molecule has 0 N–H and O–H groups in total. The molecule has 0 fully saturated rings. The highest BCUT2D eigenvalue weighted by atomic mass is 19.4. The predicted molar refractivity (Wildman–Crippen MR) is 166 cm³/mol. The summed E-state index contributed by atoms with van der Waals surface area (Å²) in [6.07, 6.45) is -1.54. The summed E-state index contributed by atoms with van der Waals surface area (Å²) < 4.78 is 62.5. The Balaban J connectivity index is 0.000000349. The molecule has 2 atom stereocenters. The lowest BCUT2D eigenvalue weighted by molar-refractivity contribution is -0.0931. The van der Waals surface area contributed by atoms with Crippen LogP contribution in [0.15, 0.2) is 29.9 Å². The van der Waals surface area contributed by atoms with E-state index in [1.165, 1.54) is 52.2 Å². The van der Waals surface area contributed by atoms with Crippen LogP contribution < -0.4 is 9.80 Å². The summed E-state index contributed by atoms with van der Waals surface area (Å²) in [4.78, 5) is 6.34. The van der Waals surface area contributed by atoms with Crippen LogP contribution in [0.4, 0.5) is 33.6 Å². The molecule has 0 bridgehead atoms. The van der Waals surface area contributed by atoms with Crippen molar-refractivity contribution < 1.29 is 26.7 Å². The van der Waals surface area contributed by atoms with Crippen LogP contribution in [0.3, 0.4) is 0 Å². The second-order valence-electron chi connectivity index (χ2n) is 11.7. The summed E-state index contributed by atoms with van der Waals surface area (Å²) in [6, 6.07) is 2.63. The van der Waals surface area contributed by atoms with E-state index in [1.807, 2.05) is 20.9 Å². The Morgan fingerprint density at radius 1 is 1.23 bits per heavy atom. The Hall–Kier alpha value is -3.02. The number of ether oxygens (including phenoxy) is 1. The van der Waals surface area contributed by atoms with E-state index in [1.54, 1.807) is 0 Å². The summed E-state index contributed by atoms with van der Waals surface area (Å²) in [7, 11) is 3.91. The van der Waals surface area contributed by atoms with Gasteiger partial charge in [0.15, 0.2) is 0 Å². The lowest BCUT2D eigenvalue weighted by atomic mass is 9.92. The zero-order valence-corrected chi connectivity index (χ0v) is 27.4. The summed E-state index contributed by atoms with van der Waals surface area (Å²) in [5.41, 5.74) is 7.18. The number of aromatic nitrogens is 4. The van der Waals surface area contributed by atoms with Gasteiger partial charge >= 0.3 is 6.18 Å². The number of hydrogen-bond acceptors (Lipinski definition) is 6. The van der Waals surface area contributed by atoms with Gasteiger partial charge in [-0.2, -0.15) is 18.0 Å². The molecule has 0 saturated heterocycles. The SMILES string of the molecule is C=C(CC)C(F)(F)F.CC(C)=CCC(F)F.CCC(C)CN1CCCC(N(C)c2nnn(C)n2)c2cc3c(c(C)c21)COC3. The zero-order chi connectivity index (χ0) is 33.2. The Labute approximate surface area is 259 Å². The van der Waals surface area contributed by atoms with Crippen LogP contribution in [0.2, 0.25) is 0 Å². The number of rotatable bonds is 8. The number of fused-ring (bicyclic) bond motifs is 2. The molecule has 0 saturated carbocycles. The second-order valence-corrected chi connectivity index (χ2v) is 11.7. The van der Waals surface area contributed by atoms with Crippen molar-refractivity contribution in [2.45, 2.75) is 106 Å². The van der Waals surface area contributed by atoms with Crippen molar-refractivity contribution in [3.8, 4) is 0 Å². The van der Waals surface area contributed by atoms with E-state index in [0.717, 1.165) is 38.1 Å². The van der Waals surface area contributed by atoms with Crippen molar-refractivity contribution in [2.75, 3.05) is 29.9 Å². The Morgan fingerprint density at radius 3 is 2.39 bits per heavy atom. The molecule has 1 aromatic carbocycles. The predicted octanol–water partition coefficient (Wildman–Crippen LogP) is 8.50. The Morgan fingerprint density at radius 2 is 1.91 bits per heavy atom. The number of benzene rings is 1. The van der Waals surface area contributed by atoms with Crippen molar-refractivity contribution in [1.82, 2.24) is 20.2 Å². The number of hydrogen-bond donors (Lipinski definition) is 0. The van der Waals surface area contributed by atoms with Gasteiger partial charge in [-0.3, -0.25) is 0 Å². The molecule has 12 heteroatoms. The quantitative estimate of drug-likeness (QED) is 0.216. The first-order chi connectivity index (χ1) is 20.6. The lowest BCUT2D eigenvalue weighted by Crippen LogP contribution is -2.30. The van der Waals surface area contributed by atoms with Crippen molar-refractivity contribution in [2.24, 2.45) is 13.0 Å². The summed E-state index contributed by atoms with van der Waals surface area (Å²) in [5, 5.41) is 12.7. The minimum atomic E-state index is -4.19. The van der Waals surface area contributed by atoms with Gasteiger partial charge in [-0.1, -0.05) is 50.5 Å². The third-order valence-corrected chi connectivity index (χ3v) is 7.93. The van der Waals surface area contributed by atoms with Crippen LogP contribution in [0.5, 0.6) is 0 Å². The van der Waals surface area contributed by atoms with Crippen LogP contribution in [0.1, 0.15) is 95.0 Å². The molecule has 248 valence electrons. The number of halogens is 5. The van der Waals surface area contributed by atoms with Gasteiger partial charge in [-0.15, -0.1) is 5.10 Å². The minimum Gasteiger partial charge on any atom is -0.372 e. The zero-order valence-electron chi connectivity index (χ0n) is 27.4. The van der Waals surface area contributed by atoms with Crippen LogP contribution in [-0.2, 0) is 25.0 Å². The van der Waals surface area contributed by atoms with Gasteiger partial charge in [0.25, 0.3) is 5.95 Å². The standard InChI is InChI=1S/C21H32N6O.C6H10F2.C5H7F3/c1-6-14(2)11-27-9-7-8-19(25(4)21-22-24-26(5)23-21)17-10-16-12-28-13-18(16)15(3)20(17)27;1-5(2)3-4-6(7)8;1-3-4(2)5(6,7)8/h10,14,19H,6-9,11-13H2,1-5H3;3,6H,4H2,1-2H3;2-3H2,1H3. The van der Waals surface area contributed by atoms with Crippen LogP contribution >= 0.6 is 0 Å². The monoisotopic (exact) mass is 628 g/mol. The van der Waals surface area contributed by atoms with Gasteiger partial charge in [0, 0.05) is 37.8 Å². The lowest BCUT2D eigenvalue weighted by Gasteiger charge is -2.33. The molecule has 3 heterocycles. The van der Waals surface area contributed by atoms with Gasteiger partial charge < -0.3 is 14.5 Å². The minimum absolute atomic E-state index is 0.0243. The maximum atomic E-state index is 11.4. The normalized spacial score (nSPS) is 16.5. The van der Waals surface area contributed by atoms with Gasteiger partial charge in [-0.25, -0.2) is 8.78 Å². The van der Waals surface area contributed by atoms with Crippen molar-refractivity contribution in [3.05, 3.63) is 52.1 Å². The molecule has 7 nitrogen and oxygen atoms in total. The number of nitrogens with zero attached hydrogens (tertiary/aromatic N) is 6. The number of allylic oxidation sites excluding steroid dienone is 3. The summed E-state index contributed by atoms with van der Waals surface area (Å²) in [5.74, 6) is 1.36. The van der Waals surface area contributed by atoms with E-state index in [2.05, 4.69) is 65.7 Å². The van der Waals surface area contributed by atoms with E-state index in [4.69, 9.17) is 4.74 Å². The van der Waals surface area contributed by atoms with Crippen LogP contribution in [0, 0.1) is 12.8 Å². The molecule has 0 aliphatic carbocycles. The Bertz CT molecular complexity index is 1240. The molecule has 2 unspecified atom stereocenters. The van der Waals surface area contributed by atoms with Crippen molar-refractivity contribution in [3.63, 3.8) is 0 Å². The topological polar surface area (TPSA) is 59.3 Å². The highest BCUT2D eigenvalue weighted by Crippen LogP contribution is 2.43. The van der Waals surface area contributed by atoms with Crippen LogP contribution in [-0.4, -0.2) is 52.9 Å². The average Bonchev–Trinajstić information content (AvgIpc) is 3.58.